The summed E-state index contributed by atoms with van der Waals surface area (Å²) >= 11 is 0. The molecule has 0 amide bonds. The van der Waals surface area contributed by atoms with Crippen molar-refractivity contribution in [3.63, 3.8) is 0 Å². The Morgan fingerprint density at radius 2 is 1.50 bits per heavy atom. The first-order valence-electron chi connectivity index (χ1n) is 3.47. The lowest BCUT2D eigenvalue weighted by atomic mass is 9.96. The van der Waals surface area contributed by atoms with Crippen molar-refractivity contribution in [1.82, 2.24) is 0 Å². The quantitative estimate of drug-likeness (QED) is 0.556. The predicted octanol–water partition coefficient (Wildman–Crippen LogP) is 1.54. The molecule has 10 heavy (non-hydrogen) atoms. The summed E-state index contributed by atoms with van der Waals surface area (Å²) in [6.45, 7) is 4.82. The average Bonchev–Trinajstić information content (AvgIpc) is 1.81. The van der Waals surface area contributed by atoms with Crippen LogP contribution in [0.4, 0.5) is 0 Å². The van der Waals surface area contributed by atoms with Gasteiger partial charge in [-0.15, -0.1) is 0 Å². The van der Waals surface area contributed by atoms with Crippen molar-refractivity contribution in [2.24, 2.45) is 0 Å². The molecule has 0 rings (SSSR count). The minimum absolute atomic E-state index is 0.0886. The van der Waals surface area contributed by atoms with Gasteiger partial charge in [-0.25, -0.2) is 0 Å². The van der Waals surface area contributed by atoms with E-state index >= 15 is 0 Å². The van der Waals surface area contributed by atoms with Gasteiger partial charge in [0.1, 0.15) is 17.5 Å². The minimum atomic E-state index is -0.0886. The summed E-state index contributed by atoms with van der Waals surface area (Å²) in [6.07, 6.45) is 1.47. The van der Waals surface area contributed by atoms with Gasteiger partial charge in [0, 0.05) is 0 Å². The lowest BCUT2D eigenvalue weighted by Crippen LogP contribution is -2.16. The lowest BCUT2D eigenvalue weighted by molar-refractivity contribution is -0.122. The van der Waals surface area contributed by atoms with E-state index < -0.39 is 0 Å². The van der Waals surface area contributed by atoms with E-state index in [1.807, 2.05) is 6.92 Å². The molecule has 0 saturated carbocycles. The topological polar surface area (TPSA) is 34.1 Å². The maximum atomic E-state index is 10.7. The van der Waals surface area contributed by atoms with Crippen molar-refractivity contribution < 1.29 is 9.59 Å². The minimum Gasteiger partial charge on any atom is -0.299 e. The van der Waals surface area contributed by atoms with E-state index in [0.717, 1.165) is 6.42 Å². The molecule has 0 aromatic rings. The third kappa shape index (κ3) is 2.76. The molecule has 0 aliphatic rings. The van der Waals surface area contributed by atoms with Crippen LogP contribution in [0.5, 0.6) is 0 Å². The molecule has 2 heteroatoms. The maximum Gasteiger partial charge on any atom is 0.144 e. The molecule has 0 bridgehead atoms. The third-order valence-corrected chi connectivity index (χ3v) is 1.35. The molecule has 0 aromatic heterocycles. The van der Waals surface area contributed by atoms with Gasteiger partial charge >= 0.3 is 0 Å². The Labute approximate surface area is 61.6 Å². The molecule has 0 N–H and O–H groups in total. The largest absolute Gasteiger partial charge is 0.299 e. The zero-order chi connectivity index (χ0) is 8.15. The van der Waals surface area contributed by atoms with E-state index in [9.17, 15) is 9.59 Å². The second-order valence-electron chi connectivity index (χ2n) is 2.34. The molecule has 0 aromatic carbocycles. The van der Waals surface area contributed by atoms with E-state index in [2.05, 4.69) is 0 Å². The number of carbonyl (C=O) groups excluding carboxylic acids is 2. The van der Waals surface area contributed by atoms with Crippen LogP contribution < -0.4 is 0 Å². The SMILES string of the molecule is CCC[C](C(C)=O)C(C)=O. The lowest BCUT2D eigenvalue weighted by Gasteiger charge is -2.05. The first kappa shape index (κ1) is 9.34. The van der Waals surface area contributed by atoms with E-state index in [1.165, 1.54) is 13.8 Å². The maximum absolute atomic E-state index is 10.7. The molecule has 2 nitrogen and oxygen atoms in total. The Bertz CT molecular complexity index is 124. The molecule has 0 atom stereocenters. The highest BCUT2D eigenvalue weighted by atomic mass is 16.1. The van der Waals surface area contributed by atoms with Gasteiger partial charge in [-0.1, -0.05) is 13.3 Å². The van der Waals surface area contributed by atoms with Gasteiger partial charge in [-0.2, -0.15) is 0 Å². The fraction of sp³-hybridized carbons (Fsp3) is 0.625. The number of Topliss-reactive ketones (excluding diaryl/α,β-unsaturated/α-hetero) is 2. The fourth-order valence-electron chi connectivity index (χ4n) is 0.850. The monoisotopic (exact) mass is 141 g/mol. The van der Waals surface area contributed by atoms with Crippen LogP contribution in [0, 0.1) is 5.92 Å². The van der Waals surface area contributed by atoms with Gasteiger partial charge in [0.2, 0.25) is 0 Å². The van der Waals surface area contributed by atoms with Gasteiger partial charge in [0.05, 0.1) is 0 Å². The summed E-state index contributed by atoms with van der Waals surface area (Å²) in [7, 11) is 0. The Kier molecular flexibility index (Phi) is 3.93. The van der Waals surface area contributed by atoms with Crippen LogP contribution >= 0.6 is 0 Å². The van der Waals surface area contributed by atoms with Crippen LogP contribution in [0.3, 0.4) is 0 Å². The van der Waals surface area contributed by atoms with Gasteiger partial charge in [-0.3, -0.25) is 9.59 Å². The number of hydrogen-bond acceptors (Lipinski definition) is 2. The molecule has 0 heterocycles. The first-order chi connectivity index (χ1) is 4.59. The van der Waals surface area contributed by atoms with Crippen LogP contribution in [0.2, 0.25) is 0 Å². The van der Waals surface area contributed by atoms with Gasteiger partial charge in [-0.05, 0) is 20.3 Å². The molecule has 1 radical (unpaired) electrons. The first-order valence-corrected chi connectivity index (χ1v) is 3.47. The second-order valence-corrected chi connectivity index (χ2v) is 2.34. The van der Waals surface area contributed by atoms with Crippen LogP contribution in [0.25, 0.3) is 0 Å². The van der Waals surface area contributed by atoms with Crippen molar-refractivity contribution in [1.29, 1.82) is 0 Å². The zero-order valence-electron chi connectivity index (χ0n) is 6.73. The van der Waals surface area contributed by atoms with Crippen molar-refractivity contribution in [2.45, 2.75) is 33.6 Å². The van der Waals surface area contributed by atoms with Crippen molar-refractivity contribution in [3.8, 4) is 0 Å². The summed E-state index contributed by atoms with van der Waals surface area (Å²) in [5.41, 5.74) is 0. The van der Waals surface area contributed by atoms with Gasteiger partial charge in [0.15, 0.2) is 0 Å². The van der Waals surface area contributed by atoms with Gasteiger partial charge < -0.3 is 0 Å². The third-order valence-electron chi connectivity index (χ3n) is 1.35. The standard InChI is InChI=1S/C8H13O2/c1-4-5-8(6(2)9)7(3)10/h4-5H2,1-3H3. The van der Waals surface area contributed by atoms with Gasteiger partial charge in [0.25, 0.3) is 0 Å². The average molecular weight is 141 g/mol. The summed E-state index contributed by atoms with van der Waals surface area (Å²) < 4.78 is 0. The van der Waals surface area contributed by atoms with E-state index in [-0.39, 0.29) is 11.6 Å². The Morgan fingerprint density at radius 1 is 1.10 bits per heavy atom. The summed E-state index contributed by atoms with van der Waals surface area (Å²) in [6, 6.07) is 0. The smallest absolute Gasteiger partial charge is 0.144 e. The van der Waals surface area contributed by atoms with Crippen LogP contribution in [0.15, 0.2) is 0 Å². The van der Waals surface area contributed by atoms with E-state index in [4.69, 9.17) is 0 Å². The number of rotatable bonds is 4. The Balaban J connectivity index is 3.98. The predicted molar refractivity (Wildman–Crippen MR) is 39.5 cm³/mol. The van der Waals surface area contributed by atoms with Crippen molar-refractivity contribution >= 4 is 11.6 Å². The summed E-state index contributed by atoms with van der Waals surface area (Å²) in [4.78, 5) is 21.4. The molecule has 0 aliphatic heterocycles. The molecule has 0 aliphatic carbocycles. The fourth-order valence-corrected chi connectivity index (χ4v) is 0.850. The molecular formula is C8H13O2. The number of carbonyl (C=O) groups is 2. The summed E-state index contributed by atoms with van der Waals surface area (Å²) in [5.74, 6) is 0.270. The van der Waals surface area contributed by atoms with Crippen LogP contribution in [0.1, 0.15) is 33.6 Å². The van der Waals surface area contributed by atoms with Crippen LogP contribution in [-0.4, -0.2) is 11.6 Å². The number of ketones is 2. The molecule has 0 fully saturated rings. The van der Waals surface area contributed by atoms with E-state index in [0.29, 0.717) is 12.3 Å². The molecule has 0 spiro atoms. The van der Waals surface area contributed by atoms with Crippen molar-refractivity contribution in [2.75, 3.05) is 0 Å². The number of hydrogen-bond donors (Lipinski definition) is 0. The normalized spacial score (nSPS) is 10.0. The highest BCUT2D eigenvalue weighted by Crippen LogP contribution is 2.10. The molecule has 57 valence electrons. The molecular weight excluding hydrogens is 128 g/mol. The molecule has 0 unspecified atom stereocenters. The summed E-state index contributed by atoms with van der Waals surface area (Å²) in [5, 5.41) is 0. The van der Waals surface area contributed by atoms with Crippen molar-refractivity contribution in [3.05, 3.63) is 5.92 Å². The Morgan fingerprint density at radius 3 is 1.60 bits per heavy atom. The highest BCUT2D eigenvalue weighted by molar-refractivity contribution is 6.14. The zero-order valence-corrected chi connectivity index (χ0v) is 6.73. The Hall–Kier alpha value is -0.660. The highest BCUT2D eigenvalue weighted by Gasteiger charge is 2.18. The second kappa shape index (κ2) is 4.20. The van der Waals surface area contributed by atoms with Crippen LogP contribution in [-0.2, 0) is 9.59 Å². The van der Waals surface area contributed by atoms with E-state index in [1.54, 1.807) is 0 Å². The molecule has 0 saturated heterocycles.